The molecule has 12 heteroatoms. The molecule has 2 aromatic rings. The van der Waals surface area contributed by atoms with E-state index in [1.54, 1.807) is 18.2 Å². The highest BCUT2D eigenvalue weighted by molar-refractivity contribution is 7.18. The molecule has 0 unspecified atom stereocenters. The zero-order valence-corrected chi connectivity index (χ0v) is 22.9. The summed E-state index contributed by atoms with van der Waals surface area (Å²) >= 11 is 7.12. The Hall–Kier alpha value is -2.60. The molecule has 39 heavy (non-hydrogen) atoms. The first-order chi connectivity index (χ1) is 18.8. The molecule has 2 heterocycles. The van der Waals surface area contributed by atoms with E-state index in [2.05, 4.69) is 15.5 Å². The number of thiophene rings is 1. The van der Waals surface area contributed by atoms with Crippen molar-refractivity contribution in [1.82, 2.24) is 10.2 Å². The van der Waals surface area contributed by atoms with Gasteiger partial charge in [-0.05, 0) is 67.9 Å². The third-order valence-electron chi connectivity index (χ3n) is 7.20. The third-order valence-corrected chi connectivity index (χ3v) is 8.43. The van der Waals surface area contributed by atoms with Crippen LogP contribution in [0, 0.1) is 11.8 Å². The Morgan fingerprint density at radius 3 is 2.44 bits per heavy atom. The standard InChI is InChI=1S/C27H31ClF2N4O4S/c28-23-8-7-22(39-23)27(37)31-12-21(33(13-16-1-2-16)14-17-3-4-17)26(36)32-20-6-5-18(11-19(20)25(29)30)34-9-10-38-15-24(34)35/h5-8,11,16-17,21,25H,1-4,9-10,12-15H2,(H,31,37)(H,32,36)/t21-/m1/s1. The number of morpholine rings is 1. The largest absolute Gasteiger partial charge is 0.370 e. The first kappa shape index (κ1) is 27.9. The zero-order chi connectivity index (χ0) is 27.5. The van der Waals surface area contributed by atoms with Crippen molar-refractivity contribution in [3.8, 4) is 0 Å². The lowest BCUT2D eigenvalue weighted by molar-refractivity contribution is -0.125. The highest BCUT2D eigenvalue weighted by Crippen LogP contribution is 2.36. The van der Waals surface area contributed by atoms with Gasteiger partial charge in [-0.3, -0.25) is 19.3 Å². The van der Waals surface area contributed by atoms with Gasteiger partial charge in [-0.25, -0.2) is 8.78 Å². The third kappa shape index (κ3) is 7.33. The van der Waals surface area contributed by atoms with E-state index in [1.807, 2.05) is 0 Å². The minimum absolute atomic E-state index is 0.0152. The predicted octanol–water partition coefficient (Wildman–Crippen LogP) is 4.56. The molecule has 5 rings (SSSR count). The Bertz CT molecular complexity index is 1210. The van der Waals surface area contributed by atoms with Gasteiger partial charge in [-0.15, -0.1) is 11.3 Å². The summed E-state index contributed by atoms with van der Waals surface area (Å²) in [6, 6.07) is 6.72. The number of nitrogens with one attached hydrogen (secondary N) is 2. The average Bonchev–Trinajstić information content (AvgIpc) is 3.85. The molecule has 3 amide bonds. The van der Waals surface area contributed by atoms with Gasteiger partial charge < -0.3 is 20.3 Å². The molecule has 1 aliphatic heterocycles. The van der Waals surface area contributed by atoms with E-state index in [4.69, 9.17) is 16.3 Å². The summed E-state index contributed by atoms with van der Waals surface area (Å²) < 4.78 is 33.9. The van der Waals surface area contributed by atoms with Crippen molar-refractivity contribution in [3.05, 3.63) is 45.1 Å². The number of carbonyl (C=O) groups is 3. The van der Waals surface area contributed by atoms with Gasteiger partial charge in [0.15, 0.2) is 0 Å². The van der Waals surface area contributed by atoms with Gasteiger partial charge >= 0.3 is 0 Å². The summed E-state index contributed by atoms with van der Waals surface area (Å²) in [5.74, 6) is -0.120. The summed E-state index contributed by atoms with van der Waals surface area (Å²) in [5.41, 5.74) is -0.0511. The summed E-state index contributed by atoms with van der Waals surface area (Å²) in [4.78, 5) is 42.6. The van der Waals surface area contributed by atoms with Crippen LogP contribution in [-0.2, 0) is 14.3 Å². The number of anilines is 2. The monoisotopic (exact) mass is 580 g/mol. The van der Waals surface area contributed by atoms with Crippen molar-refractivity contribution in [2.75, 3.05) is 49.6 Å². The van der Waals surface area contributed by atoms with Crippen LogP contribution in [0.5, 0.6) is 0 Å². The lowest BCUT2D eigenvalue weighted by Gasteiger charge is -2.31. The fourth-order valence-corrected chi connectivity index (χ4v) is 5.67. The molecule has 0 spiro atoms. The molecule has 8 nitrogen and oxygen atoms in total. The van der Waals surface area contributed by atoms with Crippen LogP contribution in [-0.4, -0.2) is 68.1 Å². The predicted molar refractivity (Wildman–Crippen MR) is 146 cm³/mol. The molecule has 2 aliphatic carbocycles. The molecule has 0 bridgehead atoms. The number of hydrogen-bond acceptors (Lipinski definition) is 6. The van der Waals surface area contributed by atoms with Gasteiger partial charge in [-0.2, -0.15) is 0 Å². The molecule has 1 aromatic carbocycles. The van der Waals surface area contributed by atoms with Crippen LogP contribution in [0.25, 0.3) is 0 Å². The molecule has 3 fully saturated rings. The van der Waals surface area contributed by atoms with Gasteiger partial charge in [-0.1, -0.05) is 11.6 Å². The average molecular weight is 581 g/mol. The summed E-state index contributed by atoms with van der Waals surface area (Å²) in [6.07, 6.45) is 1.49. The Morgan fingerprint density at radius 2 is 1.85 bits per heavy atom. The van der Waals surface area contributed by atoms with Gasteiger partial charge in [0.1, 0.15) is 12.6 Å². The minimum atomic E-state index is -2.87. The summed E-state index contributed by atoms with van der Waals surface area (Å²) in [6.45, 7) is 1.94. The second kappa shape index (κ2) is 12.3. The lowest BCUT2D eigenvalue weighted by Crippen LogP contribution is -2.52. The van der Waals surface area contributed by atoms with E-state index < -0.39 is 18.4 Å². The minimum Gasteiger partial charge on any atom is -0.370 e. The fraction of sp³-hybridized carbons (Fsp3) is 0.519. The van der Waals surface area contributed by atoms with Gasteiger partial charge in [0, 0.05) is 43.1 Å². The van der Waals surface area contributed by atoms with Crippen molar-refractivity contribution >= 4 is 52.0 Å². The molecular weight excluding hydrogens is 550 g/mol. The quantitative estimate of drug-likeness (QED) is 0.384. The van der Waals surface area contributed by atoms with E-state index in [9.17, 15) is 23.2 Å². The molecule has 210 valence electrons. The highest BCUT2D eigenvalue weighted by atomic mass is 35.5. The van der Waals surface area contributed by atoms with Crippen LogP contribution in [0.4, 0.5) is 20.2 Å². The fourth-order valence-electron chi connectivity index (χ4n) is 4.71. The summed E-state index contributed by atoms with van der Waals surface area (Å²) in [5, 5.41) is 5.56. The van der Waals surface area contributed by atoms with Gasteiger partial charge in [0.2, 0.25) is 5.91 Å². The number of rotatable bonds is 12. The van der Waals surface area contributed by atoms with Crippen molar-refractivity contribution in [2.45, 2.75) is 38.2 Å². The lowest BCUT2D eigenvalue weighted by atomic mass is 10.1. The Morgan fingerprint density at radius 1 is 1.13 bits per heavy atom. The summed E-state index contributed by atoms with van der Waals surface area (Å²) in [7, 11) is 0. The molecule has 1 aromatic heterocycles. The number of hydrogen-bond donors (Lipinski definition) is 2. The van der Waals surface area contributed by atoms with E-state index in [0.717, 1.165) is 50.1 Å². The molecule has 2 N–H and O–H groups in total. The first-order valence-corrected chi connectivity index (χ1v) is 14.4. The number of carbonyl (C=O) groups excluding carboxylic acids is 3. The molecule has 2 saturated carbocycles. The van der Waals surface area contributed by atoms with Crippen molar-refractivity contribution in [3.63, 3.8) is 0 Å². The van der Waals surface area contributed by atoms with E-state index in [1.165, 1.54) is 17.0 Å². The van der Waals surface area contributed by atoms with Crippen molar-refractivity contribution < 1.29 is 27.9 Å². The number of alkyl halides is 2. The van der Waals surface area contributed by atoms with E-state index >= 15 is 0 Å². The van der Waals surface area contributed by atoms with Crippen LogP contribution in [0.15, 0.2) is 30.3 Å². The number of ether oxygens (including phenoxy) is 1. The molecule has 1 saturated heterocycles. The molecular formula is C27H31ClF2N4O4S. The van der Waals surface area contributed by atoms with Crippen molar-refractivity contribution in [1.29, 1.82) is 0 Å². The second-order valence-corrected chi connectivity index (χ2v) is 12.0. The number of nitrogens with zero attached hydrogens (tertiary/aromatic N) is 2. The maximum Gasteiger partial charge on any atom is 0.265 e. The van der Waals surface area contributed by atoms with Gasteiger partial charge in [0.25, 0.3) is 18.2 Å². The Balaban J connectivity index is 1.35. The zero-order valence-electron chi connectivity index (χ0n) is 21.3. The Labute approximate surface area is 234 Å². The number of benzene rings is 1. The van der Waals surface area contributed by atoms with Crippen molar-refractivity contribution in [2.24, 2.45) is 11.8 Å². The number of halogens is 3. The van der Waals surface area contributed by atoms with E-state index in [-0.39, 0.29) is 42.8 Å². The SMILES string of the molecule is O=C(NC[C@H](C(=O)Nc1ccc(N2CCOCC2=O)cc1C(F)F)N(CC1CC1)CC1CC1)c1ccc(Cl)s1. The molecule has 3 aliphatic rings. The van der Waals surface area contributed by atoms with Gasteiger partial charge in [0.05, 0.1) is 15.8 Å². The van der Waals surface area contributed by atoms with Crippen LogP contribution < -0.4 is 15.5 Å². The Kier molecular flexibility index (Phi) is 8.80. The maximum atomic E-state index is 14.1. The topological polar surface area (TPSA) is 91.0 Å². The van der Waals surface area contributed by atoms with E-state index in [0.29, 0.717) is 33.3 Å². The van der Waals surface area contributed by atoms with Crippen LogP contribution >= 0.6 is 22.9 Å². The highest BCUT2D eigenvalue weighted by Gasteiger charge is 2.36. The molecule has 0 radical (unpaired) electrons. The second-order valence-electron chi connectivity index (χ2n) is 10.3. The number of amides is 3. The maximum absolute atomic E-state index is 14.1. The van der Waals surface area contributed by atoms with Crippen LogP contribution in [0.3, 0.4) is 0 Å². The van der Waals surface area contributed by atoms with Crippen LogP contribution in [0.2, 0.25) is 4.34 Å². The normalized spacial score (nSPS) is 18.5. The molecule has 1 atom stereocenters. The smallest absolute Gasteiger partial charge is 0.265 e. The first-order valence-electron chi connectivity index (χ1n) is 13.2. The van der Waals surface area contributed by atoms with Crippen LogP contribution in [0.1, 0.15) is 47.3 Å².